The fraction of sp³-hybridized carbons (Fsp3) is 0.375. The molecule has 116 valence electrons. The number of rotatable bonds is 4. The van der Waals surface area contributed by atoms with Crippen molar-refractivity contribution in [3.05, 3.63) is 34.7 Å². The minimum atomic E-state index is -0.0117. The summed E-state index contributed by atoms with van der Waals surface area (Å²) in [6.45, 7) is 0. The van der Waals surface area contributed by atoms with Gasteiger partial charge in [-0.25, -0.2) is 4.98 Å². The SMILES string of the molecule is N[C@@H]1CCC[C@H]1CC(=O)Nc1nc(-c2ccccc2Cl)cs1. The summed E-state index contributed by atoms with van der Waals surface area (Å²) >= 11 is 7.57. The number of aromatic nitrogens is 1. The summed E-state index contributed by atoms with van der Waals surface area (Å²) in [7, 11) is 0. The van der Waals surface area contributed by atoms with E-state index in [-0.39, 0.29) is 11.9 Å². The van der Waals surface area contributed by atoms with Crippen molar-refractivity contribution < 1.29 is 4.79 Å². The van der Waals surface area contributed by atoms with E-state index in [2.05, 4.69) is 10.3 Å². The zero-order valence-corrected chi connectivity index (χ0v) is 13.7. The third-order valence-electron chi connectivity index (χ3n) is 4.07. The average Bonchev–Trinajstić information content (AvgIpc) is 3.10. The molecule has 0 radical (unpaired) electrons. The third-order valence-corrected chi connectivity index (χ3v) is 5.15. The average molecular weight is 336 g/mol. The Morgan fingerprint density at radius 1 is 1.41 bits per heavy atom. The monoisotopic (exact) mass is 335 g/mol. The van der Waals surface area contributed by atoms with E-state index in [4.69, 9.17) is 17.3 Å². The Labute approximate surface area is 138 Å². The Hall–Kier alpha value is -1.43. The molecule has 0 spiro atoms. The summed E-state index contributed by atoms with van der Waals surface area (Å²) in [4.78, 5) is 16.5. The van der Waals surface area contributed by atoms with E-state index in [0.717, 1.165) is 30.5 Å². The molecule has 1 aliphatic carbocycles. The van der Waals surface area contributed by atoms with E-state index in [1.807, 2.05) is 29.6 Å². The molecule has 3 N–H and O–H groups in total. The lowest BCUT2D eigenvalue weighted by Gasteiger charge is -2.13. The second kappa shape index (κ2) is 6.77. The standard InChI is InChI=1S/C16H18ClN3OS/c17-12-6-2-1-5-11(12)14-9-22-16(19-14)20-15(21)8-10-4-3-7-13(10)18/h1-2,5-6,9-10,13H,3-4,7-8,18H2,(H,19,20,21)/t10-,13+/m0/s1. The van der Waals surface area contributed by atoms with Crippen molar-refractivity contribution >= 4 is 34.0 Å². The number of carbonyl (C=O) groups is 1. The quantitative estimate of drug-likeness (QED) is 0.889. The number of hydrogen-bond acceptors (Lipinski definition) is 4. The minimum Gasteiger partial charge on any atom is -0.327 e. The molecule has 1 amide bonds. The van der Waals surface area contributed by atoms with Crippen LogP contribution < -0.4 is 11.1 Å². The number of hydrogen-bond donors (Lipinski definition) is 2. The fourth-order valence-corrected chi connectivity index (χ4v) is 3.81. The molecule has 0 aliphatic heterocycles. The van der Waals surface area contributed by atoms with Gasteiger partial charge in [-0.05, 0) is 24.8 Å². The molecule has 6 heteroatoms. The van der Waals surface area contributed by atoms with E-state index in [9.17, 15) is 4.79 Å². The Morgan fingerprint density at radius 3 is 2.95 bits per heavy atom. The minimum absolute atomic E-state index is 0.0117. The number of thiazole rings is 1. The van der Waals surface area contributed by atoms with E-state index in [0.29, 0.717) is 22.5 Å². The second-order valence-corrected chi connectivity index (χ2v) is 6.89. The lowest BCUT2D eigenvalue weighted by molar-refractivity contribution is -0.117. The van der Waals surface area contributed by atoms with Crippen LogP contribution in [-0.4, -0.2) is 16.9 Å². The van der Waals surface area contributed by atoms with Gasteiger partial charge < -0.3 is 11.1 Å². The first-order valence-corrected chi connectivity index (χ1v) is 8.65. The topological polar surface area (TPSA) is 68.0 Å². The van der Waals surface area contributed by atoms with E-state index >= 15 is 0 Å². The van der Waals surface area contributed by atoms with Gasteiger partial charge in [0.1, 0.15) is 0 Å². The Bertz CT molecular complexity index is 673. The number of nitrogens with one attached hydrogen (secondary N) is 1. The second-order valence-electron chi connectivity index (χ2n) is 5.62. The zero-order chi connectivity index (χ0) is 15.5. The van der Waals surface area contributed by atoms with Crippen LogP contribution in [0.15, 0.2) is 29.6 Å². The van der Waals surface area contributed by atoms with Gasteiger partial charge in [0.05, 0.1) is 5.69 Å². The highest BCUT2D eigenvalue weighted by Gasteiger charge is 2.26. The maximum Gasteiger partial charge on any atom is 0.226 e. The molecule has 1 aromatic heterocycles. The first-order chi connectivity index (χ1) is 10.6. The molecule has 2 aromatic rings. The summed E-state index contributed by atoms with van der Waals surface area (Å²) in [6, 6.07) is 7.70. The molecule has 2 atom stereocenters. The summed E-state index contributed by atoms with van der Waals surface area (Å²) in [5, 5.41) is 6.03. The molecule has 1 aliphatic rings. The fourth-order valence-electron chi connectivity index (χ4n) is 2.85. The maximum atomic E-state index is 12.1. The lowest BCUT2D eigenvalue weighted by Crippen LogP contribution is -2.28. The van der Waals surface area contributed by atoms with Crippen molar-refractivity contribution in [2.75, 3.05) is 5.32 Å². The van der Waals surface area contributed by atoms with Crippen molar-refractivity contribution in [3.8, 4) is 11.3 Å². The van der Waals surface area contributed by atoms with Gasteiger partial charge in [0, 0.05) is 28.4 Å². The molecule has 1 fully saturated rings. The van der Waals surface area contributed by atoms with Gasteiger partial charge in [0.2, 0.25) is 5.91 Å². The zero-order valence-electron chi connectivity index (χ0n) is 12.1. The first-order valence-electron chi connectivity index (χ1n) is 7.39. The summed E-state index contributed by atoms with van der Waals surface area (Å²) in [6.07, 6.45) is 3.65. The van der Waals surface area contributed by atoms with Crippen LogP contribution in [0.5, 0.6) is 0 Å². The Balaban J connectivity index is 1.64. The molecule has 0 unspecified atom stereocenters. The van der Waals surface area contributed by atoms with Crippen molar-refractivity contribution in [2.24, 2.45) is 11.7 Å². The van der Waals surface area contributed by atoms with Gasteiger partial charge in [0.25, 0.3) is 0 Å². The normalized spacial score (nSPS) is 21.0. The molecule has 0 saturated heterocycles. The van der Waals surface area contributed by atoms with Crippen molar-refractivity contribution in [2.45, 2.75) is 31.7 Å². The van der Waals surface area contributed by atoms with Crippen LogP contribution >= 0.6 is 22.9 Å². The van der Waals surface area contributed by atoms with Gasteiger partial charge in [-0.2, -0.15) is 0 Å². The number of anilines is 1. The number of benzene rings is 1. The van der Waals surface area contributed by atoms with Crippen LogP contribution in [0.25, 0.3) is 11.3 Å². The summed E-state index contributed by atoms with van der Waals surface area (Å²) < 4.78 is 0. The van der Waals surface area contributed by atoms with Crippen LogP contribution in [0.2, 0.25) is 5.02 Å². The molecule has 0 bridgehead atoms. The molecular formula is C16H18ClN3OS. The van der Waals surface area contributed by atoms with E-state index in [1.54, 1.807) is 0 Å². The van der Waals surface area contributed by atoms with E-state index < -0.39 is 0 Å². The molecule has 1 heterocycles. The van der Waals surface area contributed by atoms with Crippen LogP contribution in [-0.2, 0) is 4.79 Å². The van der Waals surface area contributed by atoms with Gasteiger partial charge in [0.15, 0.2) is 5.13 Å². The van der Waals surface area contributed by atoms with Gasteiger partial charge in [-0.1, -0.05) is 36.2 Å². The Morgan fingerprint density at radius 2 is 2.23 bits per heavy atom. The Kier molecular flexibility index (Phi) is 4.76. The highest BCUT2D eigenvalue weighted by atomic mass is 35.5. The predicted octanol–water partition coefficient (Wildman–Crippen LogP) is 3.92. The van der Waals surface area contributed by atoms with Crippen molar-refractivity contribution in [3.63, 3.8) is 0 Å². The number of amides is 1. The maximum absolute atomic E-state index is 12.1. The number of nitrogens with two attached hydrogens (primary N) is 1. The smallest absolute Gasteiger partial charge is 0.226 e. The van der Waals surface area contributed by atoms with Gasteiger partial charge in [-0.3, -0.25) is 4.79 Å². The van der Waals surface area contributed by atoms with Crippen LogP contribution in [0.3, 0.4) is 0 Å². The predicted molar refractivity (Wildman–Crippen MR) is 91.1 cm³/mol. The van der Waals surface area contributed by atoms with Gasteiger partial charge >= 0.3 is 0 Å². The van der Waals surface area contributed by atoms with Gasteiger partial charge in [-0.15, -0.1) is 11.3 Å². The highest BCUT2D eigenvalue weighted by Crippen LogP contribution is 2.31. The molecule has 22 heavy (non-hydrogen) atoms. The molecule has 3 rings (SSSR count). The lowest BCUT2D eigenvalue weighted by atomic mass is 10.00. The molecule has 4 nitrogen and oxygen atoms in total. The van der Waals surface area contributed by atoms with Crippen molar-refractivity contribution in [1.82, 2.24) is 4.98 Å². The van der Waals surface area contributed by atoms with Crippen LogP contribution in [0.1, 0.15) is 25.7 Å². The first kappa shape index (κ1) is 15.5. The third kappa shape index (κ3) is 3.48. The highest BCUT2D eigenvalue weighted by molar-refractivity contribution is 7.14. The van der Waals surface area contributed by atoms with Crippen molar-refractivity contribution in [1.29, 1.82) is 0 Å². The molecular weight excluding hydrogens is 318 g/mol. The summed E-state index contributed by atoms with van der Waals surface area (Å²) in [5.74, 6) is 0.283. The largest absolute Gasteiger partial charge is 0.327 e. The van der Waals surface area contributed by atoms with Crippen LogP contribution in [0.4, 0.5) is 5.13 Å². The van der Waals surface area contributed by atoms with Crippen LogP contribution in [0, 0.1) is 5.92 Å². The number of carbonyl (C=O) groups excluding carboxylic acids is 1. The summed E-state index contributed by atoms with van der Waals surface area (Å²) in [5.41, 5.74) is 7.66. The molecule has 1 aromatic carbocycles. The molecule has 1 saturated carbocycles. The van der Waals surface area contributed by atoms with E-state index in [1.165, 1.54) is 11.3 Å². The number of nitrogens with zero attached hydrogens (tertiary/aromatic N) is 1. The number of halogens is 1.